The highest BCUT2D eigenvalue weighted by Gasteiger charge is 2.56. The van der Waals surface area contributed by atoms with E-state index in [0.29, 0.717) is 12.1 Å². The molecule has 1 unspecified atom stereocenters. The topological polar surface area (TPSA) is 80.8 Å². The molecule has 2 amide bonds. The van der Waals surface area contributed by atoms with E-state index in [0.717, 1.165) is 12.8 Å². The number of hydrogen-bond acceptors (Lipinski definition) is 5. The highest BCUT2D eigenvalue weighted by molar-refractivity contribution is 5.98. The van der Waals surface area contributed by atoms with Gasteiger partial charge in [0.25, 0.3) is 5.91 Å². The monoisotopic (exact) mass is 361 g/mol. The van der Waals surface area contributed by atoms with Crippen LogP contribution in [0.4, 0.5) is 0 Å². The molecule has 3 heterocycles. The van der Waals surface area contributed by atoms with E-state index in [-0.39, 0.29) is 24.0 Å². The minimum absolute atomic E-state index is 0.0391. The second-order valence-electron chi connectivity index (χ2n) is 7.48. The standard InChI is InChI=1S/C19H27N3O4/c1-5-7-12(2)21-17(23)15-16-14(25-19(3,4)26-16)11-22(15)18(24)13-8-6-9-20-10-13/h6,8-10,12,14-16H,5,7,11H2,1-4H3,(H,21,23)/t12?,14-,15-,16-/m0/s1. The lowest BCUT2D eigenvalue weighted by molar-refractivity contribution is -0.162. The van der Waals surface area contributed by atoms with Gasteiger partial charge in [0.2, 0.25) is 5.91 Å². The summed E-state index contributed by atoms with van der Waals surface area (Å²) in [7, 11) is 0. The van der Waals surface area contributed by atoms with Crippen molar-refractivity contribution in [3.8, 4) is 0 Å². The maximum absolute atomic E-state index is 13.0. The SMILES string of the molecule is CCCC(C)NC(=O)[C@@H]1[C@H]2OC(C)(C)O[C@H]2CN1C(=O)c1cccnc1. The smallest absolute Gasteiger partial charge is 0.256 e. The van der Waals surface area contributed by atoms with E-state index in [9.17, 15) is 9.59 Å². The second kappa shape index (κ2) is 7.32. The number of rotatable bonds is 5. The first-order valence-electron chi connectivity index (χ1n) is 9.19. The lowest BCUT2D eigenvalue weighted by atomic mass is 10.1. The summed E-state index contributed by atoms with van der Waals surface area (Å²) in [5, 5.41) is 3.02. The molecule has 0 spiro atoms. The molecule has 1 aromatic rings. The summed E-state index contributed by atoms with van der Waals surface area (Å²) in [5.41, 5.74) is 0.450. The molecule has 0 saturated carbocycles. The van der Waals surface area contributed by atoms with E-state index < -0.39 is 17.9 Å². The molecule has 0 radical (unpaired) electrons. The van der Waals surface area contributed by atoms with Crippen molar-refractivity contribution in [1.29, 1.82) is 0 Å². The number of aromatic nitrogens is 1. The normalized spacial score (nSPS) is 27.8. The summed E-state index contributed by atoms with van der Waals surface area (Å²) >= 11 is 0. The van der Waals surface area contributed by atoms with Gasteiger partial charge in [0, 0.05) is 18.4 Å². The van der Waals surface area contributed by atoms with Crippen molar-refractivity contribution in [3.63, 3.8) is 0 Å². The molecule has 2 fully saturated rings. The van der Waals surface area contributed by atoms with Crippen molar-refractivity contribution in [2.24, 2.45) is 0 Å². The van der Waals surface area contributed by atoms with Gasteiger partial charge in [0.05, 0.1) is 12.1 Å². The molecule has 7 nitrogen and oxygen atoms in total. The maximum atomic E-state index is 13.0. The Balaban J connectivity index is 1.84. The summed E-state index contributed by atoms with van der Waals surface area (Å²) in [6, 6.07) is 2.73. The van der Waals surface area contributed by atoms with Crippen LogP contribution in [0.25, 0.3) is 0 Å². The van der Waals surface area contributed by atoms with Crippen LogP contribution >= 0.6 is 0 Å². The molecule has 1 N–H and O–H groups in total. The number of amides is 2. The molecule has 2 aliphatic heterocycles. The second-order valence-corrected chi connectivity index (χ2v) is 7.48. The first-order valence-corrected chi connectivity index (χ1v) is 9.19. The van der Waals surface area contributed by atoms with Gasteiger partial charge < -0.3 is 19.7 Å². The Morgan fingerprint density at radius 3 is 2.85 bits per heavy atom. The molecule has 2 saturated heterocycles. The molecular weight excluding hydrogens is 334 g/mol. The van der Waals surface area contributed by atoms with Gasteiger partial charge >= 0.3 is 0 Å². The van der Waals surface area contributed by atoms with E-state index in [2.05, 4.69) is 17.2 Å². The van der Waals surface area contributed by atoms with Crippen molar-refractivity contribution >= 4 is 11.8 Å². The lowest BCUT2D eigenvalue weighted by Gasteiger charge is -2.30. The van der Waals surface area contributed by atoms with Gasteiger partial charge in [0.1, 0.15) is 18.2 Å². The van der Waals surface area contributed by atoms with Crippen LogP contribution in [-0.2, 0) is 14.3 Å². The fourth-order valence-corrected chi connectivity index (χ4v) is 3.75. The summed E-state index contributed by atoms with van der Waals surface area (Å²) in [6.45, 7) is 8.02. The Bertz CT molecular complexity index is 664. The van der Waals surface area contributed by atoms with Crippen LogP contribution in [0, 0.1) is 0 Å². The van der Waals surface area contributed by atoms with Gasteiger partial charge in [-0.05, 0) is 39.3 Å². The molecule has 142 valence electrons. The van der Waals surface area contributed by atoms with Gasteiger partial charge in [-0.2, -0.15) is 0 Å². The van der Waals surface area contributed by atoms with Gasteiger partial charge in [-0.25, -0.2) is 0 Å². The Labute approximate surface area is 154 Å². The van der Waals surface area contributed by atoms with Gasteiger partial charge in [0.15, 0.2) is 5.79 Å². The number of hydrogen-bond donors (Lipinski definition) is 1. The molecule has 0 bridgehead atoms. The molecule has 26 heavy (non-hydrogen) atoms. The minimum atomic E-state index is -0.758. The zero-order chi connectivity index (χ0) is 18.9. The summed E-state index contributed by atoms with van der Waals surface area (Å²) in [6.07, 6.45) is 4.19. The number of carbonyl (C=O) groups excluding carboxylic acids is 2. The van der Waals surface area contributed by atoms with Crippen LogP contribution in [0.2, 0.25) is 0 Å². The number of nitrogens with zero attached hydrogens (tertiary/aromatic N) is 2. The Morgan fingerprint density at radius 1 is 1.42 bits per heavy atom. The van der Waals surface area contributed by atoms with Crippen LogP contribution in [0.3, 0.4) is 0 Å². The summed E-state index contributed by atoms with van der Waals surface area (Å²) in [5.74, 6) is -1.19. The number of ether oxygens (including phenoxy) is 2. The molecule has 0 aromatic carbocycles. The number of likely N-dealkylation sites (tertiary alicyclic amines) is 1. The van der Waals surface area contributed by atoms with Crippen molar-refractivity contribution in [3.05, 3.63) is 30.1 Å². The van der Waals surface area contributed by atoms with Gasteiger partial charge in [-0.1, -0.05) is 13.3 Å². The Kier molecular flexibility index (Phi) is 5.29. The molecule has 4 atom stereocenters. The van der Waals surface area contributed by atoms with E-state index in [4.69, 9.17) is 9.47 Å². The average Bonchev–Trinajstić information content (AvgIpc) is 3.06. The third-order valence-electron chi connectivity index (χ3n) is 4.79. The molecule has 1 aromatic heterocycles. The van der Waals surface area contributed by atoms with Crippen LogP contribution in [-0.4, -0.2) is 58.3 Å². The zero-order valence-electron chi connectivity index (χ0n) is 15.8. The van der Waals surface area contributed by atoms with E-state index in [1.54, 1.807) is 23.2 Å². The van der Waals surface area contributed by atoms with Gasteiger partial charge in [-0.3, -0.25) is 14.6 Å². The number of pyridine rings is 1. The number of nitrogens with one attached hydrogen (secondary N) is 1. The van der Waals surface area contributed by atoms with Crippen molar-refractivity contribution in [1.82, 2.24) is 15.2 Å². The van der Waals surface area contributed by atoms with Gasteiger partial charge in [-0.15, -0.1) is 0 Å². The summed E-state index contributed by atoms with van der Waals surface area (Å²) < 4.78 is 11.9. The lowest BCUT2D eigenvalue weighted by Crippen LogP contribution is -2.53. The summed E-state index contributed by atoms with van der Waals surface area (Å²) in [4.78, 5) is 31.5. The van der Waals surface area contributed by atoms with Crippen molar-refractivity contribution in [2.45, 2.75) is 70.6 Å². The third kappa shape index (κ3) is 3.73. The molecular formula is C19H27N3O4. The Morgan fingerprint density at radius 2 is 2.19 bits per heavy atom. The maximum Gasteiger partial charge on any atom is 0.256 e. The van der Waals surface area contributed by atoms with Crippen molar-refractivity contribution in [2.75, 3.05) is 6.54 Å². The van der Waals surface area contributed by atoms with E-state index >= 15 is 0 Å². The molecule has 7 heteroatoms. The quantitative estimate of drug-likeness (QED) is 0.864. The zero-order valence-corrected chi connectivity index (χ0v) is 15.8. The third-order valence-corrected chi connectivity index (χ3v) is 4.79. The fraction of sp³-hybridized carbons (Fsp3) is 0.632. The van der Waals surface area contributed by atoms with E-state index in [1.165, 1.54) is 6.20 Å². The first-order chi connectivity index (χ1) is 12.3. The van der Waals surface area contributed by atoms with Crippen LogP contribution in [0.5, 0.6) is 0 Å². The highest BCUT2D eigenvalue weighted by Crippen LogP contribution is 2.37. The predicted molar refractivity (Wildman–Crippen MR) is 95.4 cm³/mol. The number of fused-ring (bicyclic) bond motifs is 1. The largest absolute Gasteiger partial charge is 0.352 e. The minimum Gasteiger partial charge on any atom is -0.352 e. The fourth-order valence-electron chi connectivity index (χ4n) is 3.75. The first kappa shape index (κ1) is 18.8. The molecule has 0 aliphatic carbocycles. The van der Waals surface area contributed by atoms with Crippen LogP contribution in [0.15, 0.2) is 24.5 Å². The average molecular weight is 361 g/mol. The van der Waals surface area contributed by atoms with Crippen LogP contribution < -0.4 is 5.32 Å². The molecule has 2 aliphatic rings. The van der Waals surface area contributed by atoms with E-state index in [1.807, 2.05) is 20.8 Å². The molecule has 3 rings (SSSR count). The predicted octanol–water partition coefficient (Wildman–Crippen LogP) is 1.73. The van der Waals surface area contributed by atoms with Crippen molar-refractivity contribution < 1.29 is 19.1 Å². The number of carbonyl (C=O) groups is 2. The highest BCUT2D eigenvalue weighted by atomic mass is 16.8. The Hall–Kier alpha value is -1.99. The van der Waals surface area contributed by atoms with Crippen LogP contribution in [0.1, 0.15) is 50.9 Å².